The Hall–Kier alpha value is -2.42. The molecular weight excluding hydrogens is 433 g/mol. The zero-order valence-electron chi connectivity index (χ0n) is 15.7. The fourth-order valence-electron chi connectivity index (χ4n) is 3.30. The average Bonchev–Trinajstić information content (AvgIpc) is 3.18. The molecule has 0 aliphatic rings. The lowest BCUT2D eigenvalue weighted by molar-refractivity contribution is 0.577. The number of halogens is 2. The Kier molecular flexibility index (Phi) is 5.10. The van der Waals surface area contributed by atoms with Gasteiger partial charge in [0.25, 0.3) is 0 Å². The Labute approximate surface area is 177 Å². The first-order valence-electron chi connectivity index (χ1n) is 8.68. The molecule has 0 spiro atoms. The second-order valence-electron chi connectivity index (χ2n) is 6.88. The third kappa shape index (κ3) is 4.14. The molecule has 150 valence electrons. The van der Waals surface area contributed by atoms with Crippen LogP contribution in [-0.2, 0) is 29.2 Å². The minimum absolute atomic E-state index is 0.203. The maximum atomic E-state index is 11.5. The smallest absolute Gasteiger partial charge is 0.167 e. The summed E-state index contributed by atoms with van der Waals surface area (Å²) in [4.78, 5) is 0. The standard InChI is InChI=1S/C19H17Cl2N5O2S/c1-25-18(9-13-10-26(24-22-13)11-29(2,27)28)16-5-3-4-15(19(16)23-25)14-7-6-12(20)8-17(14)21/h3-8,10H,9,11H2,1-2H3. The van der Waals surface area contributed by atoms with Gasteiger partial charge in [0.2, 0.25) is 0 Å². The van der Waals surface area contributed by atoms with Crippen LogP contribution in [0.3, 0.4) is 0 Å². The summed E-state index contributed by atoms with van der Waals surface area (Å²) in [5.41, 5.74) is 4.18. The van der Waals surface area contributed by atoms with Gasteiger partial charge in [0.15, 0.2) is 9.84 Å². The summed E-state index contributed by atoms with van der Waals surface area (Å²) >= 11 is 12.4. The van der Waals surface area contributed by atoms with E-state index in [1.807, 2.05) is 31.3 Å². The van der Waals surface area contributed by atoms with Crippen LogP contribution in [0.25, 0.3) is 22.0 Å². The third-order valence-electron chi connectivity index (χ3n) is 4.51. The highest BCUT2D eigenvalue weighted by atomic mass is 35.5. The van der Waals surface area contributed by atoms with E-state index >= 15 is 0 Å². The molecule has 4 aromatic rings. The predicted molar refractivity (Wildman–Crippen MR) is 114 cm³/mol. The molecule has 0 N–H and O–H groups in total. The van der Waals surface area contributed by atoms with Gasteiger partial charge in [0, 0.05) is 46.3 Å². The fourth-order valence-corrected chi connectivity index (χ4v) is 4.42. The molecule has 2 aromatic carbocycles. The summed E-state index contributed by atoms with van der Waals surface area (Å²) in [5.74, 6) is -0.203. The lowest BCUT2D eigenvalue weighted by atomic mass is 10.0. The molecule has 10 heteroatoms. The number of aromatic nitrogens is 5. The van der Waals surface area contributed by atoms with Crippen molar-refractivity contribution in [3.05, 3.63) is 64.0 Å². The summed E-state index contributed by atoms with van der Waals surface area (Å²) in [7, 11) is -1.33. The normalized spacial score (nSPS) is 12.0. The Morgan fingerprint density at radius 3 is 2.62 bits per heavy atom. The number of aryl methyl sites for hydroxylation is 1. The number of sulfone groups is 1. The minimum atomic E-state index is -3.19. The third-order valence-corrected chi connectivity index (χ3v) is 5.79. The maximum absolute atomic E-state index is 11.5. The van der Waals surface area contributed by atoms with E-state index in [-0.39, 0.29) is 5.88 Å². The largest absolute Gasteiger partial charge is 0.271 e. The van der Waals surface area contributed by atoms with E-state index in [4.69, 9.17) is 23.2 Å². The van der Waals surface area contributed by atoms with Crippen molar-refractivity contribution in [3.8, 4) is 11.1 Å². The van der Waals surface area contributed by atoms with Gasteiger partial charge >= 0.3 is 0 Å². The maximum Gasteiger partial charge on any atom is 0.167 e. The van der Waals surface area contributed by atoms with Gasteiger partial charge in [-0.2, -0.15) is 5.10 Å². The Bertz CT molecular complexity index is 1330. The van der Waals surface area contributed by atoms with E-state index < -0.39 is 9.84 Å². The van der Waals surface area contributed by atoms with Crippen LogP contribution in [0.4, 0.5) is 0 Å². The van der Waals surface area contributed by atoms with Gasteiger partial charge in [0.05, 0.1) is 17.6 Å². The van der Waals surface area contributed by atoms with Gasteiger partial charge in [-0.15, -0.1) is 5.10 Å². The van der Waals surface area contributed by atoms with Crippen LogP contribution in [0, 0.1) is 0 Å². The molecule has 2 aromatic heterocycles. The number of hydrogen-bond donors (Lipinski definition) is 0. The number of benzene rings is 2. The van der Waals surface area contributed by atoms with Crippen molar-refractivity contribution in [1.29, 1.82) is 0 Å². The zero-order chi connectivity index (χ0) is 20.8. The lowest BCUT2D eigenvalue weighted by Gasteiger charge is -2.06. The molecule has 0 bridgehead atoms. The van der Waals surface area contributed by atoms with E-state index in [0.717, 1.165) is 34.0 Å². The van der Waals surface area contributed by atoms with Gasteiger partial charge in [-0.1, -0.05) is 52.7 Å². The second kappa shape index (κ2) is 7.44. The van der Waals surface area contributed by atoms with Crippen LogP contribution in [0.15, 0.2) is 42.6 Å². The quantitative estimate of drug-likeness (QED) is 0.463. The van der Waals surface area contributed by atoms with Gasteiger partial charge in [0.1, 0.15) is 11.4 Å². The van der Waals surface area contributed by atoms with E-state index in [1.165, 1.54) is 4.68 Å². The molecular formula is C19H17Cl2N5O2S. The molecule has 0 fully saturated rings. The van der Waals surface area contributed by atoms with Crippen molar-refractivity contribution < 1.29 is 8.42 Å². The van der Waals surface area contributed by atoms with Crippen LogP contribution in [-0.4, -0.2) is 39.4 Å². The van der Waals surface area contributed by atoms with Crippen molar-refractivity contribution in [2.24, 2.45) is 7.05 Å². The van der Waals surface area contributed by atoms with Gasteiger partial charge in [-0.05, 0) is 12.1 Å². The van der Waals surface area contributed by atoms with Gasteiger partial charge in [-0.25, -0.2) is 13.1 Å². The highest BCUT2D eigenvalue weighted by Gasteiger charge is 2.17. The summed E-state index contributed by atoms with van der Waals surface area (Å²) < 4.78 is 26.0. The number of nitrogens with zero attached hydrogens (tertiary/aromatic N) is 5. The Morgan fingerprint density at radius 1 is 1.10 bits per heavy atom. The van der Waals surface area contributed by atoms with E-state index in [1.54, 1.807) is 23.0 Å². The Balaban J connectivity index is 1.75. The average molecular weight is 450 g/mol. The summed E-state index contributed by atoms with van der Waals surface area (Å²) in [6, 6.07) is 11.3. The van der Waals surface area contributed by atoms with Crippen LogP contribution < -0.4 is 0 Å². The lowest BCUT2D eigenvalue weighted by Crippen LogP contribution is -2.09. The van der Waals surface area contributed by atoms with Crippen LogP contribution in [0.5, 0.6) is 0 Å². The monoisotopic (exact) mass is 449 g/mol. The molecule has 0 saturated heterocycles. The van der Waals surface area contributed by atoms with Crippen molar-refractivity contribution >= 4 is 43.9 Å². The second-order valence-corrected chi connectivity index (χ2v) is 9.83. The first kappa shape index (κ1) is 19.9. The fraction of sp³-hybridized carbons (Fsp3) is 0.211. The highest BCUT2D eigenvalue weighted by Crippen LogP contribution is 2.35. The molecule has 0 radical (unpaired) electrons. The van der Waals surface area contributed by atoms with Crippen molar-refractivity contribution in [2.75, 3.05) is 6.26 Å². The molecule has 0 atom stereocenters. The molecule has 2 heterocycles. The predicted octanol–water partition coefficient (Wildman–Crippen LogP) is 3.73. The van der Waals surface area contributed by atoms with Gasteiger partial charge < -0.3 is 0 Å². The molecule has 0 saturated carbocycles. The molecule has 0 aliphatic heterocycles. The van der Waals surface area contributed by atoms with E-state index in [9.17, 15) is 8.42 Å². The van der Waals surface area contributed by atoms with Crippen molar-refractivity contribution in [1.82, 2.24) is 24.8 Å². The minimum Gasteiger partial charge on any atom is -0.271 e. The van der Waals surface area contributed by atoms with Crippen molar-refractivity contribution in [2.45, 2.75) is 12.3 Å². The molecule has 0 amide bonds. The molecule has 4 rings (SSSR count). The summed E-state index contributed by atoms with van der Waals surface area (Å²) in [6.45, 7) is 0. The zero-order valence-corrected chi connectivity index (χ0v) is 18.0. The topological polar surface area (TPSA) is 82.7 Å². The molecule has 29 heavy (non-hydrogen) atoms. The van der Waals surface area contributed by atoms with E-state index in [0.29, 0.717) is 22.2 Å². The molecule has 7 nitrogen and oxygen atoms in total. The highest BCUT2D eigenvalue weighted by molar-refractivity contribution is 7.89. The molecule has 0 unspecified atom stereocenters. The summed E-state index contributed by atoms with van der Waals surface area (Å²) in [6.07, 6.45) is 3.26. The van der Waals surface area contributed by atoms with Crippen LogP contribution >= 0.6 is 23.2 Å². The number of hydrogen-bond acceptors (Lipinski definition) is 5. The Morgan fingerprint density at radius 2 is 1.90 bits per heavy atom. The number of rotatable bonds is 5. The van der Waals surface area contributed by atoms with Crippen LogP contribution in [0.2, 0.25) is 10.0 Å². The molecule has 0 aliphatic carbocycles. The summed E-state index contributed by atoms with van der Waals surface area (Å²) in [5, 5.41) is 14.8. The van der Waals surface area contributed by atoms with Gasteiger partial charge in [-0.3, -0.25) is 4.68 Å². The first-order chi connectivity index (χ1) is 13.7. The number of fused-ring (bicyclic) bond motifs is 1. The van der Waals surface area contributed by atoms with Crippen LogP contribution in [0.1, 0.15) is 11.4 Å². The van der Waals surface area contributed by atoms with E-state index in [2.05, 4.69) is 15.4 Å². The SMILES string of the molecule is Cn1nc2c(-c3ccc(Cl)cc3Cl)cccc2c1Cc1cn(CS(C)(=O)=O)nn1. The van der Waals surface area contributed by atoms with Crippen molar-refractivity contribution in [3.63, 3.8) is 0 Å². The first-order valence-corrected chi connectivity index (χ1v) is 11.5.